The molecule has 0 saturated carbocycles. The molecule has 4 nitrogen and oxygen atoms in total. The Bertz CT molecular complexity index is 458. The van der Waals surface area contributed by atoms with Crippen molar-refractivity contribution >= 4 is 11.8 Å². The Labute approximate surface area is 113 Å². The predicted molar refractivity (Wildman–Crippen MR) is 73.2 cm³/mol. The first kappa shape index (κ1) is 13.6. The molecule has 1 aliphatic rings. The Kier molecular flexibility index (Phi) is 4.20. The zero-order valence-corrected chi connectivity index (χ0v) is 11.2. The summed E-state index contributed by atoms with van der Waals surface area (Å²) in [6, 6.07) is 10.3. The van der Waals surface area contributed by atoms with Gasteiger partial charge in [-0.05, 0) is 18.4 Å². The molecule has 1 aromatic carbocycles. The highest BCUT2D eigenvalue weighted by molar-refractivity contribution is 5.88. The second kappa shape index (κ2) is 5.87. The fraction of sp³-hybridized carbons (Fsp3) is 0.467. The molecule has 2 unspecified atom stereocenters. The zero-order valence-electron chi connectivity index (χ0n) is 11.2. The molecule has 0 aromatic heterocycles. The standard InChI is InChI=1S/C15H20N2O2/c1-2-13(8-11-6-4-3-5-7-11)17-10-12(15(16)19)9-14(17)18/h3-7,12-13H,2,8-10H2,1H3,(H2,16,19). The van der Waals surface area contributed by atoms with Crippen LogP contribution in [0.5, 0.6) is 0 Å². The van der Waals surface area contributed by atoms with E-state index in [0.717, 1.165) is 12.8 Å². The Morgan fingerprint density at radius 3 is 2.63 bits per heavy atom. The van der Waals surface area contributed by atoms with E-state index in [-0.39, 0.29) is 30.2 Å². The minimum Gasteiger partial charge on any atom is -0.369 e. The van der Waals surface area contributed by atoms with Gasteiger partial charge in [0, 0.05) is 19.0 Å². The minimum atomic E-state index is -0.370. The molecule has 2 amide bonds. The minimum absolute atomic E-state index is 0.0478. The number of carbonyl (C=O) groups is 2. The number of benzene rings is 1. The molecule has 2 N–H and O–H groups in total. The fourth-order valence-electron chi connectivity index (χ4n) is 2.64. The van der Waals surface area contributed by atoms with Crippen LogP contribution in [0.15, 0.2) is 30.3 Å². The molecule has 4 heteroatoms. The SMILES string of the molecule is CCC(Cc1ccccc1)N1CC(C(N)=O)CC1=O. The first-order chi connectivity index (χ1) is 9.11. The highest BCUT2D eigenvalue weighted by Crippen LogP contribution is 2.23. The molecular weight excluding hydrogens is 240 g/mol. The Balaban J connectivity index is 2.06. The summed E-state index contributed by atoms with van der Waals surface area (Å²) in [5, 5.41) is 0. The molecule has 2 rings (SSSR count). The normalized spacial score (nSPS) is 20.6. The maximum absolute atomic E-state index is 12.0. The first-order valence-electron chi connectivity index (χ1n) is 6.74. The monoisotopic (exact) mass is 260 g/mol. The predicted octanol–water partition coefficient (Wildman–Crippen LogP) is 1.34. The lowest BCUT2D eigenvalue weighted by molar-refractivity contribution is -0.130. The summed E-state index contributed by atoms with van der Waals surface area (Å²) in [5.74, 6) is -0.644. The molecule has 1 fully saturated rings. The molecule has 1 aromatic rings. The van der Waals surface area contributed by atoms with Crippen molar-refractivity contribution in [2.24, 2.45) is 11.7 Å². The van der Waals surface area contributed by atoms with Crippen LogP contribution in [0.2, 0.25) is 0 Å². The Morgan fingerprint density at radius 2 is 2.11 bits per heavy atom. The van der Waals surface area contributed by atoms with Crippen LogP contribution in [-0.2, 0) is 16.0 Å². The van der Waals surface area contributed by atoms with Gasteiger partial charge in [0.15, 0.2) is 0 Å². The molecule has 1 heterocycles. The first-order valence-corrected chi connectivity index (χ1v) is 6.74. The van der Waals surface area contributed by atoms with Crippen LogP contribution in [0.4, 0.5) is 0 Å². The summed E-state index contributed by atoms with van der Waals surface area (Å²) in [6.07, 6.45) is 1.97. The maximum Gasteiger partial charge on any atom is 0.223 e. The number of nitrogens with zero attached hydrogens (tertiary/aromatic N) is 1. The molecule has 0 aliphatic carbocycles. The van der Waals surface area contributed by atoms with E-state index in [2.05, 4.69) is 19.1 Å². The van der Waals surface area contributed by atoms with Crippen molar-refractivity contribution in [3.05, 3.63) is 35.9 Å². The molecule has 0 spiro atoms. The molecule has 1 aliphatic heterocycles. The molecule has 2 atom stereocenters. The summed E-state index contributed by atoms with van der Waals surface area (Å²) in [4.78, 5) is 25.0. The number of amides is 2. The van der Waals surface area contributed by atoms with Crippen LogP contribution in [0.25, 0.3) is 0 Å². The third kappa shape index (κ3) is 3.13. The Morgan fingerprint density at radius 1 is 1.42 bits per heavy atom. The molecule has 102 valence electrons. The van der Waals surface area contributed by atoms with Gasteiger partial charge < -0.3 is 10.6 Å². The topological polar surface area (TPSA) is 63.4 Å². The van der Waals surface area contributed by atoms with Gasteiger partial charge in [-0.2, -0.15) is 0 Å². The van der Waals surface area contributed by atoms with Gasteiger partial charge in [-0.3, -0.25) is 9.59 Å². The third-order valence-corrected chi connectivity index (χ3v) is 3.79. The van der Waals surface area contributed by atoms with Crippen molar-refractivity contribution in [3.8, 4) is 0 Å². The smallest absolute Gasteiger partial charge is 0.223 e. The summed E-state index contributed by atoms with van der Waals surface area (Å²) < 4.78 is 0. The second-order valence-electron chi connectivity index (χ2n) is 5.10. The molecule has 0 radical (unpaired) electrons. The van der Waals surface area contributed by atoms with Crippen LogP contribution in [0.3, 0.4) is 0 Å². The number of nitrogens with two attached hydrogens (primary N) is 1. The number of carbonyl (C=O) groups excluding carboxylic acids is 2. The number of likely N-dealkylation sites (tertiary alicyclic amines) is 1. The van der Waals surface area contributed by atoms with Gasteiger partial charge in [0.1, 0.15) is 0 Å². The van der Waals surface area contributed by atoms with Gasteiger partial charge >= 0.3 is 0 Å². The van der Waals surface area contributed by atoms with E-state index in [0.29, 0.717) is 6.54 Å². The van der Waals surface area contributed by atoms with Crippen LogP contribution in [0.1, 0.15) is 25.3 Å². The van der Waals surface area contributed by atoms with Crippen LogP contribution < -0.4 is 5.73 Å². The van der Waals surface area contributed by atoms with Crippen molar-refractivity contribution in [1.82, 2.24) is 4.90 Å². The van der Waals surface area contributed by atoms with Gasteiger partial charge in [0.25, 0.3) is 0 Å². The van der Waals surface area contributed by atoms with Gasteiger partial charge in [-0.15, -0.1) is 0 Å². The van der Waals surface area contributed by atoms with Crippen LogP contribution >= 0.6 is 0 Å². The van der Waals surface area contributed by atoms with Gasteiger partial charge in [-0.1, -0.05) is 37.3 Å². The van der Waals surface area contributed by atoms with E-state index >= 15 is 0 Å². The summed E-state index contributed by atoms with van der Waals surface area (Å²) in [5.41, 5.74) is 6.51. The van der Waals surface area contributed by atoms with Crippen molar-refractivity contribution in [3.63, 3.8) is 0 Å². The molecule has 19 heavy (non-hydrogen) atoms. The van der Waals surface area contributed by atoms with E-state index in [4.69, 9.17) is 5.73 Å². The third-order valence-electron chi connectivity index (χ3n) is 3.79. The van der Waals surface area contributed by atoms with E-state index in [1.807, 2.05) is 23.1 Å². The number of hydrogen-bond donors (Lipinski definition) is 1. The second-order valence-corrected chi connectivity index (χ2v) is 5.10. The quantitative estimate of drug-likeness (QED) is 0.868. The average Bonchev–Trinajstić information content (AvgIpc) is 2.79. The van der Waals surface area contributed by atoms with Crippen molar-refractivity contribution in [1.29, 1.82) is 0 Å². The van der Waals surface area contributed by atoms with Gasteiger partial charge in [0.2, 0.25) is 11.8 Å². The van der Waals surface area contributed by atoms with Crippen LogP contribution in [-0.4, -0.2) is 29.3 Å². The van der Waals surface area contributed by atoms with Crippen molar-refractivity contribution < 1.29 is 9.59 Å². The summed E-state index contributed by atoms with van der Waals surface area (Å²) in [6.45, 7) is 2.54. The largest absolute Gasteiger partial charge is 0.369 e. The van der Waals surface area contributed by atoms with Gasteiger partial charge in [-0.25, -0.2) is 0 Å². The number of hydrogen-bond acceptors (Lipinski definition) is 2. The zero-order chi connectivity index (χ0) is 13.8. The van der Waals surface area contributed by atoms with E-state index in [1.165, 1.54) is 5.56 Å². The number of primary amides is 1. The Hall–Kier alpha value is -1.84. The highest BCUT2D eigenvalue weighted by Gasteiger charge is 2.36. The van der Waals surface area contributed by atoms with Crippen LogP contribution in [0, 0.1) is 5.92 Å². The fourth-order valence-corrected chi connectivity index (χ4v) is 2.64. The molecule has 0 bridgehead atoms. The lowest BCUT2D eigenvalue weighted by Crippen LogP contribution is -2.38. The van der Waals surface area contributed by atoms with E-state index < -0.39 is 0 Å². The van der Waals surface area contributed by atoms with Crippen molar-refractivity contribution in [2.45, 2.75) is 32.2 Å². The lowest BCUT2D eigenvalue weighted by Gasteiger charge is -2.27. The van der Waals surface area contributed by atoms with Crippen molar-refractivity contribution in [2.75, 3.05) is 6.54 Å². The molecule has 1 saturated heterocycles. The van der Waals surface area contributed by atoms with Gasteiger partial charge in [0.05, 0.1) is 5.92 Å². The number of rotatable bonds is 5. The van der Waals surface area contributed by atoms with E-state index in [1.54, 1.807) is 0 Å². The summed E-state index contributed by atoms with van der Waals surface area (Å²) >= 11 is 0. The molecular formula is C15H20N2O2. The maximum atomic E-state index is 12.0. The highest BCUT2D eigenvalue weighted by atomic mass is 16.2. The lowest BCUT2D eigenvalue weighted by atomic mass is 10.0. The summed E-state index contributed by atoms with van der Waals surface area (Å²) in [7, 11) is 0. The van der Waals surface area contributed by atoms with E-state index in [9.17, 15) is 9.59 Å². The average molecular weight is 260 g/mol.